The third-order valence-corrected chi connectivity index (χ3v) is 2.85. The molecule has 0 fully saturated rings. The van der Waals surface area contributed by atoms with Gasteiger partial charge in [-0.2, -0.15) is 0 Å². The summed E-state index contributed by atoms with van der Waals surface area (Å²) in [6.07, 6.45) is 6.99. The second-order valence-corrected chi connectivity index (χ2v) is 4.38. The van der Waals surface area contributed by atoms with Crippen LogP contribution in [0.15, 0.2) is 67.5 Å². The van der Waals surface area contributed by atoms with Crippen molar-refractivity contribution in [2.45, 2.75) is 6.92 Å². The molecule has 1 aromatic heterocycles. The van der Waals surface area contributed by atoms with Gasteiger partial charge in [-0.25, -0.2) is 0 Å². The Morgan fingerprint density at radius 3 is 2.47 bits per heavy atom. The molecule has 1 N–H and O–H groups in total. The molecule has 0 aliphatic rings. The van der Waals surface area contributed by atoms with Gasteiger partial charge in [0.05, 0.1) is 5.71 Å². The summed E-state index contributed by atoms with van der Waals surface area (Å²) >= 11 is 0. The molecule has 2 nitrogen and oxygen atoms in total. The number of hydrogen-bond acceptors (Lipinski definition) is 2. The summed E-state index contributed by atoms with van der Waals surface area (Å²) in [5, 5.41) is 7.95. The number of allylic oxidation sites excluding steroid dienone is 3. The summed E-state index contributed by atoms with van der Waals surface area (Å²) in [5.74, 6) is 0. The molecule has 0 radical (unpaired) electrons. The summed E-state index contributed by atoms with van der Waals surface area (Å²) in [6.45, 7) is 6.08. The van der Waals surface area contributed by atoms with Crippen LogP contribution in [0.5, 0.6) is 0 Å². The highest BCUT2D eigenvalue weighted by atomic mass is 14.6. The van der Waals surface area contributed by atoms with Crippen LogP contribution in [-0.2, 0) is 0 Å². The highest BCUT2D eigenvalue weighted by molar-refractivity contribution is 6.07. The molecule has 0 bridgehead atoms. The van der Waals surface area contributed by atoms with Crippen LogP contribution in [0.3, 0.4) is 0 Å². The fraction of sp³-hybridized carbons (Fsp3) is 0.0588. The van der Waals surface area contributed by atoms with Crippen LogP contribution in [-0.4, -0.2) is 10.7 Å². The van der Waals surface area contributed by atoms with Crippen LogP contribution < -0.4 is 0 Å². The zero-order valence-electron chi connectivity index (χ0n) is 10.9. The molecule has 0 saturated heterocycles. The van der Waals surface area contributed by atoms with Gasteiger partial charge in [0.25, 0.3) is 0 Å². The summed E-state index contributed by atoms with van der Waals surface area (Å²) in [5.41, 5.74) is 4.43. The largest absolute Gasteiger partial charge is 0.300 e. The van der Waals surface area contributed by atoms with E-state index >= 15 is 0 Å². The van der Waals surface area contributed by atoms with Crippen LogP contribution in [0.2, 0.25) is 0 Å². The van der Waals surface area contributed by atoms with Gasteiger partial charge in [-0.05, 0) is 36.3 Å². The lowest BCUT2D eigenvalue weighted by Gasteiger charge is -2.02. The average Bonchev–Trinajstić information content (AvgIpc) is 2.46. The molecule has 0 saturated carbocycles. The number of benzene rings is 1. The SMILES string of the molecule is C=C(/C=C\C(=N)c1cccnc1)c1ccc(C)cc1. The zero-order valence-corrected chi connectivity index (χ0v) is 10.9. The molecular formula is C17H16N2. The Hall–Kier alpha value is -2.48. The smallest absolute Gasteiger partial charge is 0.0627 e. The van der Waals surface area contributed by atoms with Gasteiger partial charge in [-0.15, -0.1) is 0 Å². The zero-order chi connectivity index (χ0) is 13.7. The number of nitrogens with one attached hydrogen (secondary N) is 1. The van der Waals surface area contributed by atoms with E-state index in [-0.39, 0.29) is 0 Å². The number of aromatic nitrogens is 1. The van der Waals surface area contributed by atoms with Gasteiger partial charge in [-0.1, -0.05) is 42.5 Å². The first-order valence-corrected chi connectivity index (χ1v) is 6.10. The molecule has 0 spiro atoms. The van der Waals surface area contributed by atoms with E-state index in [0.717, 1.165) is 16.7 Å². The average molecular weight is 248 g/mol. The molecule has 19 heavy (non-hydrogen) atoms. The van der Waals surface area contributed by atoms with E-state index in [0.29, 0.717) is 5.71 Å². The monoisotopic (exact) mass is 248 g/mol. The normalized spacial score (nSPS) is 10.6. The molecule has 2 rings (SSSR count). The van der Waals surface area contributed by atoms with Crippen molar-refractivity contribution in [1.29, 1.82) is 5.41 Å². The fourth-order valence-corrected chi connectivity index (χ4v) is 1.67. The molecule has 2 aromatic rings. The maximum Gasteiger partial charge on any atom is 0.0627 e. The first-order valence-electron chi connectivity index (χ1n) is 6.10. The molecule has 0 aliphatic heterocycles. The lowest BCUT2D eigenvalue weighted by molar-refractivity contribution is 1.31. The van der Waals surface area contributed by atoms with Crippen LogP contribution in [0.1, 0.15) is 16.7 Å². The predicted octanol–water partition coefficient (Wildman–Crippen LogP) is 4.03. The number of aryl methyl sites for hydroxylation is 1. The van der Waals surface area contributed by atoms with Crippen LogP contribution in [0.4, 0.5) is 0 Å². The Morgan fingerprint density at radius 2 is 1.84 bits per heavy atom. The topological polar surface area (TPSA) is 36.7 Å². The van der Waals surface area contributed by atoms with Gasteiger partial charge in [0.1, 0.15) is 0 Å². The summed E-state index contributed by atoms with van der Waals surface area (Å²) in [6, 6.07) is 11.9. The molecule has 2 heteroatoms. The van der Waals surface area contributed by atoms with Gasteiger partial charge < -0.3 is 5.41 Å². The van der Waals surface area contributed by atoms with Crippen molar-refractivity contribution in [2.24, 2.45) is 0 Å². The Labute approximate surface area is 113 Å². The van der Waals surface area contributed by atoms with E-state index in [1.807, 2.05) is 30.3 Å². The molecule has 0 unspecified atom stereocenters. The molecule has 0 atom stereocenters. The fourth-order valence-electron chi connectivity index (χ4n) is 1.67. The van der Waals surface area contributed by atoms with Gasteiger partial charge >= 0.3 is 0 Å². The van der Waals surface area contributed by atoms with Gasteiger partial charge in [-0.3, -0.25) is 4.98 Å². The number of rotatable bonds is 4. The minimum absolute atomic E-state index is 0.432. The van der Waals surface area contributed by atoms with Crippen LogP contribution >= 0.6 is 0 Å². The first-order chi connectivity index (χ1) is 9.16. The molecule has 94 valence electrons. The Balaban J connectivity index is 2.09. The Morgan fingerprint density at radius 1 is 1.11 bits per heavy atom. The summed E-state index contributed by atoms with van der Waals surface area (Å²) in [7, 11) is 0. The quantitative estimate of drug-likeness (QED) is 0.643. The van der Waals surface area contributed by atoms with Crippen LogP contribution in [0, 0.1) is 12.3 Å². The number of nitrogens with zero attached hydrogens (tertiary/aromatic N) is 1. The Bertz CT molecular complexity index is 607. The first kappa shape index (κ1) is 13.0. The van der Waals surface area contributed by atoms with Gasteiger partial charge in [0.15, 0.2) is 0 Å². The van der Waals surface area contributed by atoms with Crippen molar-refractivity contribution >= 4 is 11.3 Å². The highest BCUT2D eigenvalue weighted by Gasteiger charge is 1.98. The lowest BCUT2D eigenvalue weighted by Crippen LogP contribution is -1.94. The second kappa shape index (κ2) is 5.91. The minimum atomic E-state index is 0.432. The van der Waals surface area contributed by atoms with E-state index in [9.17, 15) is 0 Å². The second-order valence-electron chi connectivity index (χ2n) is 4.38. The summed E-state index contributed by atoms with van der Waals surface area (Å²) in [4.78, 5) is 4.00. The van der Waals surface area contributed by atoms with Crippen molar-refractivity contribution < 1.29 is 0 Å². The van der Waals surface area contributed by atoms with Crippen molar-refractivity contribution in [2.75, 3.05) is 0 Å². The van der Waals surface area contributed by atoms with Crippen molar-refractivity contribution in [3.05, 3.63) is 84.2 Å². The van der Waals surface area contributed by atoms with Crippen molar-refractivity contribution in [3.8, 4) is 0 Å². The van der Waals surface area contributed by atoms with Gasteiger partial charge in [0, 0.05) is 18.0 Å². The predicted molar refractivity (Wildman–Crippen MR) is 80.4 cm³/mol. The van der Waals surface area contributed by atoms with E-state index in [2.05, 4.69) is 30.6 Å². The third-order valence-electron chi connectivity index (χ3n) is 2.85. The summed E-state index contributed by atoms with van der Waals surface area (Å²) < 4.78 is 0. The van der Waals surface area contributed by atoms with E-state index < -0.39 is 0 Å². The van der Waals surface area contributed by atoms with Gasteiger partial charge in [0.2, 0.25) is 0 Å². The van der Waals surface area contributed by atoms with E-state index in [1.54, 1.807) is 18.5 Å². The highest BCUT2D eigenvalue weighted by Crippen LogP contribution is 2.14. The lowest BCUT2D eigenvalue weighted by atomic mass is 10.0. The maximum atomic E-state index is 7.95. The molecule has 0 aliphatic carbocycles. The minimum Gasteiger partial charge on any atom is -0.300 e. The third kappa shape index (κ3) is 3.49. The maximum absolute atomic E-state index is 7.95. The number of hydrogen-bond donors (Lipinski definition) is 1. The molecule has 1 aromatic carbocycles. The van der Waals surface area contributed by atoms with E-state index in [1.165, 1.54) is 5.56 Å². The molecular weight excluding hydrogens is 232 g/mol. The standard InChI is InChI=1S/C17H16N2/c1-13-5-8-15(9-6-13)14(2)7-10-17(18)16-4-3-11-19-12-16/h3-12,18H,2H2,1H3/b10-7-,18-17?. The van der Waals surface area contributed by atoms with Crippen molar-refractivity contribution in [1.82, 2.24) is 4.98 Å². The molecule has 0 amide bonds. The molecule has 1 heterocycles. The van der Waals surface area contributed by atoms with Crippen molar-refractivity contribution in [3.63, 3.8) is 0 Å². The van der Waals surface area contributed by atoms with E-state index in [4.69, 9.17) is 5.41 Å². The Kier molecular flexibility index (Phi) is 4.04. The number of pyridine rings is 1. The van der Waals surface area contributed by atoms with Crippen LogP contribution in [0.25, 0.3) is 5.57 Å².